The van der Waals surface area contributed by atoms with Crippen LogP contribution in [0.15, 0.2) is 36.7 Å². The first-order valence-corrected chi connectivity index (χ1v) is 8.29. The summed E-state index contributed by atoms with van der Waals surface area (Å²) >= 11 is 0. The zero-order valence-corrected chi connectivity index (χ0v) is 13.9. The van der Waals surface area contributed by atoms with Crippen LogP contribution < -0.4 is 5.32 Å². The summed E-state index contributed by atoms with van der Waals surface area (Å²) in [6.07, 6.45) is 6.37. The number of benzene rings is 1. The van der Waals surface area contributed by atoms with Gasteiger partial charge in [-0.15, -0.1) is 5.10 Å². The van der Waals surface area contributed by atoms with Gasteiger partial charge in [-0.2, -0.15) is 4.98 Å². The highest BCUT2D eigenvalue weighted by Gasteiger charge is 2.39. The van der Waals surface area contributed by atoms with Crippen molar-refractivity contribution in [2.75, 3.05) is 6.54 Å². The number of carbonyl (C=O) groups is 1. The van der Waals surface area contributed by atoms with Crippen molar-refractivity contribution in [2.24, 2.45) is 0 Å². The minimum Gasteiger partial charge on any atom is -0.348 e. The molecule has 0 spiro atoms. The van der Waals surface area contributed by atoms with E-state index >= 15 is 0 Å². The molecule has 1 aliphatic rings. The summed E-state index contributed by atoms with van der Waals surface area (Å²) < 4.78 is 15.1. The van der Waals surface area contributed by atoms with E-state index in [4.69, 9.17) is 0 Å². The third-order valence-corrected chi connectivity index (χ3v) is 4.86. The Morgan fingerprint density at radius 2 is 2.24 bits per heavy atom. The summed E-state index contributed by atoms with van der Waals surface area (Å²) in [5.41, 5.74) is 1.66. The summed E-state index contributed by atoms with van der Waals surface area (Å²) in [6.45, 7) is 2.34. The minimum atomic E-state index is -0.342. The Hall–Kier alpha value is -2.83. The lowest BCUT2D eigenvalue weighted by Crippen LogP contribution is -2.45. The van der Waals surface area contributed by atoms with Crippen LogP contribution in [0.1, 0.15) is 41.0 Å². The Bertz CT molecular complexity index is 948. The molecule has 0 atom stereocenters. The second-order valence-corrected chi connectivity index (χ2v) is 6.64. The smallest absolute Gasteiger partial charge is 0.291 e. The van der Waals surface area contributed by atoms with Gasteiger partial charge < -0.3 is 5.32 Å². The number of halogens is 1. The monoisotopic (exact) mass is 339 g/mol. The van der Waals surface area contributed by atoms with Crippen molar-refractivity contribution in [1.29, 1.82) is 0 Å². The van der Waals surface area contributed by atoms with Crippen molar-refractivity contribution in [3.63, 3.8) is 0 Å². The predicted octanol–water partition coefficient (Wildman–Crippen LogP) is 2.42. The Morgan fingerprint density at radius 3 is 2.96 bits per heavy atom. The number of hydrogen-bond acceptors (Lipinski definition) is 4. The van der Waals surface area contributed by atoms with Gasteiger partial charge in [0.15, 0.2) is 0 Å². The molecule has 0 saturated heterocycles. The molecule has 4 rings (SSSR count). The van der Waals surface area contributed by atoms with Gasteiger partial charge in [0, 0.05) is 24.4 Å². The fourth-order valence-electron chi connectivity index (χ4n) is 3.29. The molecule has 1 amide bonds. The lowest BCUT2D eigenvalue weighted by molar-refractivity contribution is 0.0917. The van der Waals surface area contributed by atoms with Crippen LogP contribution in [0.5, 0.6) is 0 Å². The molecule has 2 heterocycles. The van der Waals surface area contributed by atoms with E-state index in [0.29, 0.717) is 12.3 Å². The van der Waals surface area contributed by atoms with Gasteiger partial charge in [-0.25, -0.2) is 13.9 Å². The van der Waals surface area contributed by atoms with Gasteiger partial charge in [-0.3, -0.25) is 4.79 Å². The molecule has 25 heavy (non-hydrogen) atoms. The molecule has 3 aromatic rings. The highest BCUT2D eigenvalue weighted by molar-refractivity contribution is 5.90. The zero-order valence-electron chi connectivity index (χ0n) is 13.9. The maximum absolute atomic E-state index is 13.6. The molecule has 0 aliphatic heterocycles. The summed E-state index contributed by atoms with van der Waals surface area (Å²) in [4.78, 5) is 20.7. The van der Waals surface area contributed by atoms with E-state index in [1.807, 2.05) is 13.0 Å². The van der Waals surface area contributed by atoms with Crippen LogP contribution in [0.2, 0.25) is 0 Å². The molecule has 1 aromatic carbocycles. The predicted molar refractivity (Wildman–Crippen MR) is 89.8 cm³/mol. The third kappa shape index (κ3) is 2.86. The van der Waals surface area contributed by atoms with E-state index in [0.717, 1.165) is 30.4 Å². The van der Waals surface area contributed by atoms with Gasteiger partial charge in [0.05, 0.1) is 0 Å². The highest BCUT2D eigenvalue weighted by atomic mass is 19.1. The van der Waals surface area contributed by atoms with E-state index < -0.39 is 0 Å². The Balaban J connectivity index is 1.52. The van der Waals surface area contributed by atoms with E-state index in [-0.39, 0.29) is 23.0 Å². The number of carbonyl (C=O) groups excluding carboxylic acids is 1. The number of fused-ring (bicyclic) bond motifs is 1. The number of rotatable bonds is 4. The molecule has 0 unspecified atom stereocenters. The first kappa shape index (κ1) is 15.7. The van der Waals surface area contributed by atoms with Crippen molar-refractivity contribution < 1.29 is 9.18 Å². The number of aryl methyl sites for hydroxylation is 1. The molecule has 1 aliphatic carbocycles. The molecule has 0 bridgehead atoms. The summed E-state index contributed by atoms with van der Waals surface area (Å²) in [5.74, 6) is -0.115. The summed E-state index contributed by atoms with van der Waals surface area (Å²) in [7, 11) is 0. The Labute approximate surface area is 144 Å². The number of amides is 1. The van der Waals surface area contributed by atoms with Crippen LogP contribution in [0.4, 0.5) is 4.39 Å². The molecule has 1 saturated carbocycles. The minimum absolute atomic E-state index is 0.0896. The van der Waals surface area contributed by atoms with E-state index in [1.165, 1.54) is 10.6 Å². The average molecular weight is 339 g/mol. The standard InChI is InChI=1S/C18H18FN5O/c1-12-9-20-17-22-15(23-24(17)10-12)16(25)21-11-18(6-3-7-18)13-4-2-5-14(19)8-13/h2,4-5,8-10H,3,6-7,11H2,1H3,(H,21,25). The SMILES string of the molecule is Cc1cnc2nc(C(=O)NCC3(c4cccc(F)c4)CCC3)nn2c1. The van der Waals surface area contributed by atoms with Crippen LogP contribution in [-0.2, 0) is 5.41 Å². The van der Waals surface area contributed by atoms with Crippen LogP contribution in [0.3, 0.4) is 0 Å². The normalized spacial score (nSPS) is 15.8. The lowest BCUT2D eigenvalue weighted by Gasteiger charge is -2.42. The van der Waals surface area contributed by atoms with Crippen molar-refractivity contribution in [2.45, 2.75) is 31.6 Å². The van der Waals surface area contributed by atoms with E-state index in [1.54, 1.807) is 24.5 Å². The van der Waals surface area contributed by atoms with Gasteiger partial charge in [0.1, 0.15) is 5.82 Å². The Morgan fingerprint density at radius 1 is 1.40 bits per heavy atom. The number of hydrogen-bond donors (Lipinski definition) is 1. The second kappa shape index (κ2) is 5.91. The van der Waals surface area contributed by atoms with Crippen LogP contribution in [0.25, 0.3) is 5.78 Å². The highest BCUT2D eigenvalue weighted by Crippen LogP contribution is 2.43. The van der Waals surface area contributed by atoms with Crippen LogP contribution in [-0.4, -0.2) is 32.0 Å². The van der Waals surface area contributed by atoms with E-state index in [9.17, 15) is 9.18 Å². The van der Waals surface area contributed by atoms with Crippen LogP contribution >= 0.6 is 0 Å². The van der Waals surface area contributed by atoms with Gasteiger partial charge >= 0.3 is 0 Å². The zero-order chi connectivity index (χ0) is 17.4. The van der Waals surface area contributed by atoms with Crippen LogP contribution in [0, 0.1) is 12.7 Å². The van der Waals surface area contributed by atoms with Gasteiger partial charge in [-0.1, -0.05) is 18.6 Å². The molecule has 0 radical (unpaired) electrons. The lowest BCUT2D eigenvalue weighted by atomic mass is 9.64. The fraction of sp³-hybridized carbons (Fsp3) is 0.333. The molecule has 128 valence electrons. The molecule has 1 N–H and O–H groups in total. The summed E-state index contributed by atoms with van der Waals surface area (Å²) in [5, 5.41) is 7.08. The average Bonchev–Trinajstić information content (AvgIpc) is 2.97. The number of nitrogens with one attached hydrogen (secondary N) is 1. The fourth-order valence-corrected chi connectivity index (χ4v) is 3.29. The third-order valence-electron chi connectivity index (χ3n) is 4.86. The number of nitrogens with zero attached hydrogens (tertiary/aromatic N) is 4. The molecular weight excluding hydrogens is 321 g/mol. The topological polar surface area (TPSA) is 72.2 Å². The summed E-state index contributed by atoms with van der Waals surface area (Å²) in [6, 6.07) is 6.62. The maximum atomic E-state index is 13.6. The molecule has 2 aromatic heterocycles. The molecule has 6 nitrogen and oxygen atoms in total. The first-order chi connectivity index (χ1) is 12.1. The second-order valence-electron chi connectivity index (χ2n) is 6.64. The van der Waals surface area contributed by atoms with Gasteiger partial charge in [0.2, 0.25) is 5.82 Å². The van der Waals surface area contributed by atoms with Crippen molar-refractivity contribution >= 4 is 11.7 Å². The van der Waals surface area contributed by atoms with Crippen molar-refractivity contribution in [1.82, 2.24) is 24.9 Å². The first-order valence-electron chi connectivity index (χ1n) is 8.29. The molecular formula is C18H18FN5O. The maximum Gasteiger partial charge on any atom is 0.291 e. The van der Waals surface area contributed by atoms with Gasteiger partial charge in [0.25, 0.3) is 11.7 Å². The number of aromatic nitrogens is 4. The Kier molecular flexibility index (Phi) is 3.71. The van der Waals surface area contributed by atoms with Gasteiger partial charge in [-0.05, 0) is 43.0 Å². The quantitative estimate of drug-likeness (QED) is 0.792. The van der Waals surface area contributed by atoms with Crippen molar-refractivity contribution in [3.05, 3.63) is 59.4 Å². The largest absolute Gasteiger partial charge is 0.348 e. The molecule has 1 fully saturated rings. The molecule has 7 heteroatoms. The van der Waals surface area contributed by atoms with E-state index in [2.05, 4.69) is 20.4 Å². The van der Waals surface area contributed by atoms with Crippen molar-refractivity contribution in [3.8, 4) is 0 Å².